The van der Waals surface area contributed by atoms with Gasteiger partial charge in [-0.3, -0.25) is 24.5 Å². The molecule has 1 heterocycles. The van der Waals surface area contributed by atoms with Crippen molar-refractivity contribution in [3.8, 4) is 17.2 Å². The van der Waals surface area contributed by atoms with Gasteiger partial charge in [-0.2, -0.15) is 5.10 Å². The van der Waals surface area contributed by atoms with Gasteiger partial charge in [0, 0.05) is 35.8 Å². The number of carbonyl (C=O) groups excluding carboxylic acids is 1. The van der Waals surface area contributed by atoms with Crippen LogP contribution in [0.25, 0.3) is 0 Å². The Morgan fingerprint density at radius 1 is 0.921 bits per heavy atom. The Bertz CT molecular complexity index is 1520. The van der Waals surface area contributed by atoms with E-state index >= 15 is 0 Å². The number of phenols is 1. The molecule has 190 valence electrons. The first-order valence-corrected chi connectivity index (χ1v) is 11.3. The van der Waals surface area contributed by atoms with Gasteiger partial charge in [-0.15, -0.1) is 0 Å². The molecule has 10 nitrogen and oxygen atoms in total. The topological polar surface area (TPSA) is 143 Å². The number of aryl methyl sites for hydroxylation is 1. The Labute approximate surface area is 217 Å². The number of pyridine rings is 1. The van der Waals surface area contributed by atoms with Crippen LogP contribution in [0.5, 0.6) is 17.2 Å². The van der Waals surface area contributed by atoms with Crippen LogP contribution in [0, 0.1) is 6.92 Å². The molecule has 0 radical (unpaired) electrons. The number of hydrogen-bond donors (Lipinski definition) is 3. The molecule has 0 spiro atoms. The van der Waals surface area contributed by atoms with E-state index in [1.165, 1.54) is 30.6 Å². The maximum atomic E-state index is 12.0. The van der Waals surface area contributed by atoms with E-state index in [1.54, 1.807) is 54.9 Å². The second-order valence-electron chi connectivity index (χ2n) is 7.98. The van der Waals surface area contributed by atoms with Crippen molar-refractivity contribution in [3.05, 3.63) is 113 Å². The van der Waals surface area contributed by atoms with Crippen LogP contribution in [0.3, 0.4) is 0 Å². The van der Waals surface area contributed by atoms with Gasteiger partial charge in [-0.05, 0) is 61.5 Å². The molecule has 0 saturated heterocycles. The van der Waals surface area contributed by atoms with E-state index in [4.69, 9.17) is 14.9 Å². The number of aromatic hydroxyl groups is 1. The number of hydrazone groups is 1. The summed E-state index contributed by atoms with van der Waals surface area (Å²) in [6.07, 6.45) is 5.81. The molecule has 0 bridgehead atoms. The lowest BCUT2D eigenvalue weighted by Crippen LogP contribution is -2.17. The van der Waals surface area contributed by atoms with Crippen molar-refractivity contribution in [2.24, 2.45) is 10.1 Å². The standard InChI is InChI=1S/C28H22N4O6/c1-18-7-10-26(22(12-18)16-30-23-6-2-4-19(13-23)28(35)36)38-37-24-9-8-20(25(33)14-24)17-31-32-27(34)21-5-3-11-29-15-21/h2-17,33H,1H3,(H,32,34)(H,35,36)/b30-16?,31-17+. The molecule has 1 amide bonds. The number of aromatic nitrogens is 1. The molecular weight excluding hydrogens is 488 g/mol. The van der Waals surface area contributed by atoms with Crippen molar-refractivity contribution < 1.29 is 29.6 Å². The molecule has 1 aromatic heterocycles. The number of rotatable bonds is 9. The number of benzene rings is 3. The Morgan fingerprint density at radius 2 is 1.76 bits per heavy atom. The van der Waals surface area contributed by atoms with Gasteiger partial charge in [0.2, 0.25) is 0 Å². The summed E-state index contributed by atoms with van der Waals surface area (Å²) in [6.45, 7) is 1.91. The summed E-state index contributed by atoms with van der Waals surface area (Å²) in [5.74, 6) is -1.04. The van der Waals surface area contributed by atoms with Gasteiger partial charge in [0.05, 0.1) is 23.0 Å². The van der Waals surface area contributed by atoms with Gasteiger partial charge >= 0.3 is 5.97 Å². The van der Waals surface area contributed by atoms with Crippen LogP contribution in [-0.4, -0.2) is 39.5 Å². The van der Waals surface area contributed by atoms with Crippen LogP contribution in [0.1, 0.15) is 37.4 Å². The molecule has 0 atom stereocenters. The Morgan fingerprint density at radius 3 is 2.53 bits per heavy atom. The fourth-order valence-corrected chi connectivity index (χ4v) is 3.21. The smallest absolute Gasteiger partial charge is 0.335 e. The molecule has 4 rings (SSSR count). The van der Waals surface area contributed by atoms with Crippen LogP contribution in [0.15, 0.2) is 95.3 Å². The van der Waals surface area contributed by atoms with Gasteiger partial charge in [0.15, 0.2) is 11.5 Å². The van der Waals surface area contributed by atoms with Crippen molar-refractivity contribution >= 4 is 30.0 Å². The molecule has 3 N–H and O–H groups in total. The van der Waals surface area contributed by atoms with Gasteiger partial charge < -0.3 is 10.2 Å². The van der Waals surface area contributed by atoms with E-state index in [2.05, 4.69) is 20.5 Å². The molecule has 0 aliphatic rings. The summed E-state index contributed by atoms with van der Waals surface area (Å²) in [7, 11) is 0. The zero-order valence-electron chi connectivity index (χ0n) is 20.1. The molecular formula is C28H22N4O6. The van der Waals surface area contributed by atoms with Gasteiger partial charge in [0.25, 0.3) is 5.91 Å². The number of aromatic carboxylic acids is 1. The third-order valence-electron chi connectivity index (χ3n) is 5.13. The molecule has 38 heavy (non-hydrogen) atoms. The summed E-state index contributed by atoms with van der Waals surface area (Å²) in [4.78, 5) is 42.3. The van der Waals surface area contributed by atoms with Crippen LogP contribution < -0.4 is 15.2 Å². The largest absolute Gasteiger partial charge is 0.507 e. The Balaban J connectivity index is 1.41. The summed E-state index contributed by atoms with van der Waals surface area (Å²) >= 11 is 0. The number of phenolic OH excluding ortho intramolecular Hbond substituents is 1. The second-order valence-corrected chi connectivity index (χ2v) is 7.98. The first kappa shape index (κ1) is 25.6. The normalized spacial score (nSPS) is 11.0. The van der Waals surface area contributed by atoms with E-state index in [9.17, 15) is 14.7 Å². The lowest BCUT2D eigenvalue weighted by atomic mass is 10.1. The van der Waals surface area contributed by atoms with E-state index in [0.29, 0.717) is 28.1 Å². The number of nitrogens with zero attached hydrogens (tertiary/aromatic N) is 3. The summed E-state index contributed by atoms with van der Waals surface area (Å²) < 4.78 is 0. The average Bonchev–Trinajstić information content (AvgIpc) is 2.93. The number of carboxylic acids is 1. The molecule has 0 aliphatic carbocycles. The van der Waals surface area contributed by atoms with Crippen molar-refractivity contribution in [1.82, 2.24) is 10.4 Å². The first-order valence-electron chi connectivity index (χ1n) is 11.3. The quantitative estimate of drug-likeness (QED) is 0.169. The number of hydrogen-bond acceptors (Lipinski definition) is 8. The SMILES string of the molecule is Cc1ccc(OOc2ccc(/C=N/NC(=O)c3cccnc3)c(O)c2)c(C=Nc2cccc(C(=O)O)c2)c1. The van der Waals surface area contributed by atoms with E-state index in [0.717, 1.165) is 5.56 Å². The highest BCUT2D eigenvalue weighted by Crippen LogP contribution is 2.25. The fraction of sp³-hybridized carbons (Fsp3) is 0.0357. The van der Waals surface area contributed by atoms with Crippen LogP contribution >= 0.6 is 0 Å². The lowest BCUT2D eigenvalue weighted by Gasteiger charge is -2.10. The molecule has 0 unspecified atom stereocenters. The maximum absolute atomic E-state index is 12.0. The van der Waals surface area contributed by atoms with Crippen molar-refractivity contribution in [1.29, 1.82) is 0 Å². The summed E-state index contributed by atoms with van der Waals surface area (Å²) in [5, 5.41) is 23.3. The first-order chi connectivity index (χ1) is 18.4. The number of nitrogens with one attached hydrogen (secondary N) is 1. The highest BCUT2D eigenvalue weighted by Gasteiger charge is 2.09. The van der Waals surface area contributed by atoms with E-state index in [-0.39, 0.29) is 17.1 Å². The van der Waals surface area contributed by atoms with Gasteiger partial charge in [-0.1, -0.05) is 17.7 Å². The Kier molecular flexibility index (Phi) is 8.05. The second kappa shape index (κ2) is 12.0. The van der Waals surface area contributed by atoms with E-state index in [1.807, 2.05) is 19.1 Å². The maximum Gasteiger partial charge on any atom is 0.335 e. The summed E-state index contributed by atoms with van der Waals surface area (Å²) in [5.41, 5.74) is 5.21. The molecule has 0 fully saturated rings. The predicted octanol–water partition coefficient (Wildman–Crippen LogP) is 4.68. The number of carbonyl (C=O) groups is 2. The van der Waals surface area contributed by atoms with Crippen molar-refractivity contribution in [3.63, 3.8) is 0 Å². The monoisotopic (exact) mass is 510 g/mol. The molecule has 0 aliphatic heterocycles. The highest BCUT2D eigenvalue weighted by atomic mass is 17.2. The van der Waals surface area contributed by atoms with E-state index < -0.39 is 11.9 Å². The predicted molar refractivity (Wildman–Crippen MR) is 140 cm³/mol. The van der Waals surface area contributed by atoms with Gasteiger partial charge in [-0.25, -0.2) is 10.2 Å². The molecule has 0 saturated carbocycles. The molecule has 4 aromatic rings. The number of carboxylic acid groups (broad SMARTS) is 1. The summed E-state index contributed by atoms with van der Waals surface area (Å²) in [6, 6.07) is 19.3. The van der Waals surface area contributed by atoms with Gasteiger partial charge in [0.1, 0.15) is 5.75 Å². The lowest BCUT2D eigenvalue weighted by molar-refractivity contribution is -0.100. The average molecular weight is 511 g/mol. The minimum atomic E-state index is -1.04. The minimum Gasteiger partial charge on any atom is -0.507 e. The fourth-order valence-electron chi connectivity index (χ4n) is 3.21. The molecule has 10 heteroatoms. The van der Waals surface area contributed by atoms with Crippen LogP contribution in [0.4, 0.5) is 5.69 Å². The van der Waals surface area contributed by atoms with Crippen molar-refractivity contribution in [2.75, 3.05) is 0 Å². The molecule has 3 aromatic carbocycles. The minimum absolute atomic E-state index is 0.132. The zero-order valence-corrected chi connectivity index (χ0v) is 20.1. The highest BCUT2D eigenvalue weighted by molar-refractivity contribution is 5.94. The number of aliphatic imine (C=N–C) groups is 1. The number of amides is 1. The third-order valence-corrected chi connectivity index (χ3v) is 5.13. The third kappa shape index (κ3) is 6.79. The van der Waals surface area contributed by atoms with Crippen molar-refractivity contribution in [2.45, 2.75) is 6.92 Å². The Hall–Kier alpha value is -5.51. The zero-order chi connectivity index (χ0) is 26.9. The van der Waals surface area contributed by atoms with Crippen LogP contribution in [0.2, 0.25) is 0 Å². The van der Waals surface area contributed by atoms with Crippen LogP contribution in [-0.2, 0) is 0 Å².